The van der Waals surface area contributed by atoms with Gasteiger partial charge in [-0.25, -0.2) is 4.98 Å². The molecule has 104 valence electrons. The Balaban J connectivity index is 1.44. The molecule has 1 N–H and O–H groups in total. The molecule has 2 aliphatic heterocycles. The fraction of sp³-hybridized carbons (Fsp3) is 0.438. The molecule has 0 radical (unpaired) electrons. The molecule has 0 saturated carbocycles. The fourth-order valence-electron chi connectivity index (χ4n) is 3.40. The van der Waals surface area contributed by atoms with Crippen molar-refractivity contribution in [2.45, 2.75) is 6.54 Å². The predicted octanol–water partition coefficient (Wildman–Crippen LogP) is 2.46. The maximum Gasteiger partial charge on any atom is 0.123 e. The lowest BCUT2D eigenvalue weighted by atomic mass is 10.0. The molecule has 3 heterocycles. The van der Waals surface area contributed by atoms with Gasteiger partial charge < -0.3 is 5.32 Å². The van der Waals surface area contributed by atoms with Gasteiger partial charge in [0.15, 0.2) is 0 Å². The molecule has 1 aromatic heterocycles. The first-order chi connectivity index (χ1) is 9.88. The Labute approximate surface area is 123 Å². The molecule has 3 nitrogen and oxygen atoms in total. The van der Waals surface area contributed by atoms with Crippen LogP contribution in [0.25, 0.3) is 10.6 Å². The molecule has 2 saturated heterocycles. The highest BCUT2D eigenvalue weighted by Crippen LogP contribution is 2.29. The average Bonchev–Trinajstić information content (AvgIpc) is 3.16. The van der Waals surface area contributed by atoms with Crippen molar-refractivity contribution in [2.75, 3.05) is 26.2 Å². The van der Waals surface area contributed by atoms with Crippen molar-refractivity contribution in [1.82, 2.24) is 15.2 Å². The minimum atomic E-state index is 0.863. The lowest BCUT2D eigenvalue weighted by Crippen LogP contribution is -2.25. The van der Waals surface area contributed by atoms with Crippen LogP contribution in [0.1, 0.15) is 5.69 Å². The van der Waals surface area contributed by atoms with Crippen LogP contribution < -0.4 is 5.32 Å². The Bertz CT molecular complexity index is 568. The summed E-state index contributed by atoms with van der Waals surface area (Å²) >= 11 is 1.76. The molecule has 0 unspecified atom stereocenters. The molecule has 4 rings (SSSR count). The number of aromatic nitrogens is 1. The van der Waals surface area contributed by atoms with E-state index in [1.165, 1.54) is 37.4 Å². The van der Waals surface area contributed by atoms with Gasteiger partial charge in [-0.05, 0) is 24.9 Å². The maximum absolute atomic E-state index is 4.80. The van der Waals surface area contributed by atoms with Crippen LogP contribution in [0.2, 0.25) is 0 Å². The maximum atomic E-state index is 4.80. The fourth-order valence-corrected chi connectivity index (χ4v) is 4.22. The molecule has 2 atom stereocenters. The molecule has 2 aromatic rings. The first kappa shape index (κ1) is 12.5. The Kier molecular flexibility index (Phi) is 3.30. The van der Waals surface area contributed by atoms with Crippen LogP contribution in [-0.2, 0) is 6.54 Å². The zero-order chi connectivity index (χ0) is 13.4. The number of fused-ring (bicyclic) bond motifs is 1. The molecule has 1 aromatic carbocycles. The van der Waals surface area contributed by atoms with Crippen LogP contribution >= 0.6 is 11.3 Å². The normalized spacial score (nSPS) is 26.0. The van der Waals surface area contributed by atoms with Crippen LogP contribution in [0, 0.1) is 11.8 Å². The molecule has 2 fully saturated rings. The Hall–Kier alpha value is -1.23. The summed E-state index contributed by atoms with van der Waals surface area (Å²) < 4.78 is 0. The topological polar surface area (TPSA) is 28.2 Å². The molecule has 2 aliphatic rings. The highest BCUT2D eigenvalue weighted by Gasteiger charge is 2.35. The summed E-state index contributed by atoms with van der Waals surface area (Å²) in [7, 11) is 0. The van der Waals surface area contributed by atoms with Gasteiger partial charge in [-0.2, -0.15) is 0 Å². The van der Waals surface area contributed by atoms with E-state index in [4.69, 9.17) is 4.98 Å². The Morgan fingerprint density at radius 3 is 2.65 bits per heavy atom. The van der Waals surface area contributed by atoms with Crippen molar-refractivity contribution in [1.29, 1.82) is 0 Å². The highest BCUT2D eigenvalue weighted by molar-refractivity contribution is 7.13. The number of rotatable bonds is 3. The molecule has 0 bridgehead atoms. The van der Waals surface area contributed by atoms with E-state index in [9.17, 15) is 0 Å². The highest BCUT2D eigenvalue weighted by atomic mass is 32.1. The average molecular weight is 285 g/mol. The molecule has 0 amide bonds. The van der Waals surface area contributed by atoms with Crippen LogP contribution in [-0.4, -0.2) is 36.1 Å². The van der Waals surface area contributed by atoms with Crippen LogP contribution in [0.3, 0.4) is 0 Å². The van der Waals surface area contributed by atoms with E-state index in [1.54, 1.807) is 11.3 Å². The van der Waals surface area contributed by atoms with Crippen LogP contribution in [0.4, 0.5) is 0 Å². The van der Waals surface area contributed by atoms with Crippen molar-refractivity contribution in [3.8, 4) is 10.6 Å². The number of hydrogen-bond acceptors (Lipinski definition) is 4. The van der Waals surface area contributed by atoms with Crippen molar-refractivity contribution in [3.05, 3.63) is 41.4 Å². The molecule has 4 heteroatoms. The number of hydrogen-bond donors (Lipinski definition) is 1. The zero-order valence-electron chi connectivity index (χ0n) is 11.5. The van der Waals surface area contributed by atoms with Gasteiger partial charge in [-0.1, -0.05) is 30.3 Å². The van der Waals surface area contributed by atoms with E-state index in [1.807, 2.05) is 0 Å². The third-order valence-electron chi connectivity index (χ3n) is 4.42. The van der Waals surface area contributed by atoms with Crippen LogP contribution in [0.15, 0.2) is 35.7 Å². The number of likely N-dealkylation sites (tertiary alicyclic amines) is 1. The lowest BCUT2D eigenvalue weighted by Gasteiger charge is -2.15. The zero-order valence-corrected chi connectivity index (χ0v) is 12.3. The van der Waals surface area contributed by atoms with Gasteiger partial charge in [0.2, 0.25) is 0 Å². The SMILES string of the molecule is c1ccc(-c2nc(CN3C[C@H]4CNC[C@H]4C3)cs2)cc1. The second kappa shape index (κ2) is 5.28. The van der Waals surface area contributed by atoms with Crippen molar-refractivity contribution in [2.24, 2.45) is 11.8 Å². The summed E-state index contributed by atoms with van der Waals surface area (Å²) in [5, 5.41) is 6.85. The standard InChI is InChI=1S/C16H19N3S/c1-2-4-12(5-3-1)16-18-15(11-20-16)10-19-8-13-6-17-7-14(13)9-19/h1-5,11,13-14,17H,6-10H2/t13-,14+. The monoisotopic (exact) mass is 285 g/mol. The van der Waals surface area contributed by atoms with Gasteiger partial charge in [-0.3, -0.25) is 4.90 Å². The van der Waals surface area contributed by atoms with E-state index in [-0.39, 0.29) is 0 Å². The Morgan fingerprint density at radius 2 is 1.90 bits per heavy atom. The van der Waals surface area contributed by atoms with Gasteiger partial charge >= 0.3 is 0 Å². The molecule has 0 aliphatic carbocycles. The number of nitrogens with zero attached hydrogens (tertiary/aromatic N) is 2. The van der Waals surface area contributed by atoms with Crippen molar-refractivity contribution < 1.29 is 0 Å². The van der Waals surface area contributed by atoms with Gasteiger partial charge in [0.25, 0.3) is 0 Å². The number of benzene rings is 1. The third-order valence-corrected chi connectivity index (χ3v) is 5.36. The minimum absolute atomic E-state index is 0.863. The number of thiazole rings is 1. The summed E-state index contributed by atoms with van der Waals surface area (Å²) in [6.07, 6.45) is 0. The summed E-state index contributed by atoms with van der Waals surface area (Å²) in [6, 6.07) is 10.5. The quantitative estimate of drug-likeness (QED) is 0.939. The Morgan fingerprint density at radius 1 is 1.15 bits per heavy atom. The van der Waals surface area contributed by atoms with Gasteiger partial charge in [0, 0.05) is 30.6 Å². The van der Waals surface area contributed by atoms with E-state index in [0.717, 1.165) is 23.4 Å². The molecular weight excluding hydrogens is 266 g/mol. The first-order valence-electron chi connectivity index (χ1n) is 7.31. The first-order valence-corrected chi connectivity index (χ1v) is 8.19. The summed E-state index contributed by atoms with van der Waals surface area (Å²) in [5.74, 6) is 1.73. The van der Waals surface area contributed by atoms with E-state index < -0.39 is 0 Å². The van der Waals surface area contributed by atoms with Gasteiger partial charge in [0.05, 0.1) is 5.69 Å². The summed E-state index contributed by atoms with van der Waals surface area (Å²) in [4.78, 5) is 7.37. The summed E-state index contributed by atoms with van der Waals surface area (Å²) in [5.41, 5.74) is 2.45. The smallest absolute Gasteiger partial charge is 0.123 e. The molecule has 0 spiro atoms. The van der Waals surface area contributed by atoms with E-state index >= 15 is 0 Å². The van der Waals surface area contributed by atoms with Gasteiger partial charge in [-0.15, -0.1) is 11.3 Å². The lowest BCUT2D eigenvalue weighted by molar-refractivity contribution is 0.302. The third kappa shape index (κ3) is 2.39. The number of nitrogens with one attached hydrogen (secondary N) is 1. The molecule has 20 heavy (non-hydrogen) atoms. The second-order valence-electron chi connectivity index (χ2n) is 5.88. The second-order valence-corrected chi connectivity index (χ2v) is 6.74. The van der Waals surface area contributed by atoms with Crippen molar-refractivity contribution in [3.63, 3.8) is 0 Å². The van der Waals surface area contributed by atoms with Crippen molar-refractivity contribution >= 4 is 11.3 Å². The summed E-state index contributed by atoms with van der Waals surface area (Å²) in [6.45, 7) is 5.88. The van der Waals surface area contributed by atoms with E-state index in [2.05, 4.69) is 45.9 Å². The van der Waals surface area contributed by atoms with Gasteiger partial charge in [0.1, 0.15) is 5.01 Å². The molecular formula is C16H19N3S. The predicted molar refractivity (Wildman–Crippen MR) is 82.7 cm³/mol. The minimum Gasteiger partial charge on any atom is -0.316 e. The van der Waals surface area contributed by atoms with Crippen LogP contribution in [0.5, 0.6) is 0 Å². The van der Waals surface area contributed by atoms with E-state index in [0.29, 0.717) is 0 Å². The largest absolute Gasteiger partial charge is 0.316 e.